The summed E-state index contributed by atoms with van der Waals surface area (Å²) in [5.41, 5.74) is 1.45. The van der Waals surface area contributed by atoms with E-state index in [0.29, 0.717) is 23.4 Å². The lowest BCUT2D eigenvalue weighted by molar-refractivity contribution is 0.0998. The molecular weight excluding hydrogens is 374 g/mol. The van der Waals surface area contributed by atoms with E-state index in [1.165, 1.54) is 25.7 Å². The van der Waals surface area contributed by atoms with Gasteiger partial charge in [0.05, 0.1) is 23.8 Å². The third-order valence-electron chi connectivity index (χ3n) is 4.79. The molecule has 156 valence electrons. The van der Waals surface area contributed by atoms with Crippen LogP contribution in [0.2, 0.25) is 0 Å². The van der Waals surface area contributed by atoms with Crippen LogP contribution in [-0.4, -0.2) is 22.3 Å². The molecular formula is C25H29N3O2. The van der Waals surface area contributed by atoms with E-state index in [0.717, 1.165) is 18.5 Å². The van der Waals surface area contributed by atoms with E-state index in [4.69, 9.17) is 4.74 Å². The topological polar surface area (TPSA) is 56.5 Å². The van der Waals surface area contributed by atoms with Gasteiger partial charge < -0.3 is 4.74 Å². The molecule has 0 aliphatic rings. The zero-order valence-electron chi connectivity index (χ0n) is 17.5. The number of aromatic nitrogens is 2. The van der Waals surface area contributed by atoms with E-state index in [1.54, 1.807) is 29.1 Å². The number of para-hydroxylation sites is 1. The highest BCUT2D eigenvalue weighted by molar-refractivity contribution is 5.94. The molecule has 0 aliphatic heterocycles. The van der Waals surface area contributed by atoms with Crippen molar-refractivity contribution in [3.8, 4) is 11.6 Å². The van der Waals surface area contributed by atoms with Crippen LogP contribution in [-0.2, 0) is 0 Å². The Morgan fingerprint density at radius 1 is 0.933 bits per heavy atom. The molecule has 0 radical (unpaired) electrons. The highest BCUT2D eigenvalue weighted by Crippen LogP contribution is 2.15. The smallest absolute Gasteiger partial charge is 0.277 e. The minimum Gasteiger partial charge on any atom is -0.478 e. The van der Waals surface area contributed by atoms with Crippen LogP contribution in [0.5, 0.6) is 5.88 Å². The zero-order chi connectivity index (χ0) is 21.0. The number of hydrogen-bond donors (Lipinski definition) is 0. The first-order valence-electron chi connectivity index (χ1n) is 10.7. The SMILES string of the molecule is CCCCCCCCOc1cc(=NC(=O)c2ccccc2)cnn1-c1ccccc1. The Hall–Kier alpha value is -3.21. The zero-order valence-corrected chi connectivity index (χ0v) is 17.5. The van der Waals surface area contributed by atoms with Gasteiger partial charge >= 0.3 is 0 Å². The molecule has 0 saturated carbocycles. The molecule has 0 bridgehead atoms. The maximum Gasteiger partial charge on any atom is 0.277 e. The quantitative estimate of drug-likeness (QED) is 0.429. The standard InChI is InChI=1S/C25H29N3O2/c1-2-3-4-5-6-13-18-30-24-19-22(27-25(29)21-14-9-7-10-15-21)20-26-28(24)23-16-11-8-12-17-23/h7-12,14-17,19-20H,2-6,13,18H2,1H3. The number of ether oxygens (including phenoxy) is 1. The molecule has 5 heteroatoms. The molecule has 3 aromatic rings. The number of hydrogen-bond acceptors (Lipinski definition) is 3. The van der Waals surface area contributed by atoms with Gasteiger partial charge in [-0.3, -0.25) is 4.79 Å². The molecule has 1 heterocycles. The Bertz CT molecular complexity index is 982. The van der Waals surface area contributed by atoms with Crippen molar-refractivity contribution in [3.05, 3.63) is 83.8 Å². The van der Waals surface area contributed by atoms with Crippen LogP contribution in [0.25, 0.3) is 5.69 Å². The van der Waals surface area contributed by atoms with E-state index in [1.807, 2.05) is 48.5 Å². The molecule has 1 aromatic heterocycles. The summed E-state index contributed by atoms with van der Waals surface area (Å²) in [7, 11) is 0. The Kier molecular flexibility index (Phi) is 8.39. The van der Waals surface area contributed by atoms with Crippen LogP contribution in [0.1, 0.15) is 55.8 Å². The number of nitrogens with zero attached hydrogens (tertiary/aromatic N) is 3. The first-order valence-corrected chi connectivity index (χ1v) is 10.7. The van der Waals surface area contributed by atoms with Gasteiger partial charge in [-0.05, 0) is 30.7 Å². The highest BCUT2D eigenvalue weighted by Gasteiger charge is 2.07. The van der Waals surface area contributed by atoms with Crippen LogP contribution < -0.4 is 10.1 Å². The van der Waals surface area contributed by atoms with Crippen molar-refractivity contribution in [2.75, 3.05) is 6.61 Å². The normalized spacial score (nSPS) is 11.4. The summed E-state index contributed by atoms with van der Waals surface area (Å²) in [5.74, 6) is 0.286. The van der Waals surface area contributed by atoms with Crippen molar-refractivity contribution in [2.24, 2.45) is 4.99 Å². The van der Waals surface area contributed by atoms with Crippen LogP contribution >= 0.6 is 0 Å². The predicted molar refractivity (Wildman–Crippen MR) is 119 cm³/mol. The van der Waals surface area contributed by atoms with Crippen molar-refractivity contribution < 1.29 is 9.53 Å². The number of amides is 1. The van der Waals surface area contributed by atoms with E-state index >= 15 is 0 Å². The molecule has 3 rings (SSSR count). The Labute approximate surface area is 178 Å². The fraction of sp³-hybridized carbons (Fsp3) is 0.320. The molecule has 0 aliphatic carbocycles. The summed E-state index contributed by atoms with van der Waals surface area (Å²) in [6.07, 6.45) is 8.77. The largest absolute Gasteiger partial charge is 0.478 e. The summed E-state index contributed by atoms with van der Waals surface area (Å²) >= 11 is 0. The fourth-order valence-corrected chi connectivity index (χ4v) is 3.15. The Morgan fingerprint density at radius 3 is 2.33 bits per heavy atom. The van der Waals surface area contributed by atoms with Gasteiger partial charge in [0, 0.05) is 11.6 Å². The van der Waals surface area contributed by atoms with Crippen LogP contribution in [0.3, 0.4) is 0 Å². The number of unbranched alkanes of at least 4 members (excludes halogenated alkanes) is 5. The second kappa shape index (κ2) is 11.7. The van der Waals surface area contributed by atoms with Gasteiger partial charge in [0.15, 0.2) is 0 Å². The molecule has 0 spiro atoms. The Morgan fingerprint density at radius 2 is 1.60 bits per heavy atom. The summed E-state index contributed by atoms with van der Waals surface area (Å²) < 4.78 is 7.79. The Balaban J connectivity index is 1.77. The number of rotatable bonds is 10. The van der Waals surface area contributed by atoms with Gasteiger partial charge in [-0.15, -0.1) is 0 Å². The van der Waals surface area contributed by atoms with E-state index in [9.17, 15) is 4.79 Å². The monoisotopic (exact) mass is 403 g/mol. The van der Waals surface area contributed by atoms with Crippen molar-refractivity contribution in [1.82, 2.24) is 9.78 Å². The van der Waals surface area contributed by atoms with Gasteiger partial charge in [-0.25, -0.2) is 9.67 Å². The minimum atomic E-state index is -0.295. The van der Waals surface area contributed by atoms with Gasteiger partial charge in [0.2, 0.25) is 5.88 Å². The third-order valence-corrected chi connectivity index (χ3v) is 4.79. The maximum absolute atomic E-state index is 12.4. The number of carbonyl (C=O) groups is 1. The lowest BCUT2D eigenvalue weighted by atomic mass is 10.1. The molecule has 0 N–H and O–H groups in total. The van der Waals surface area contributed by atoms with Crippen molar-refractivity contribution >= 4 is 5.91 Å². The van der Waals surface area contributed by atoms with Crippen LogP contribution in [0, 0.1) is 0 Å². The van der Waals surface area contributed by atoms with Gasteiger partial charge in [-0.2, -0.15) is 5.10 Å². The predicted octanol–water partition coefficient (Wildman–Crippen LogP) is 5.35. The molecule has 30 heavy (non-hydrogen) atoms. The van der Waals surface area contributed by atoms with Crippen molar-refractivity contribution in [3.63, 3.8) is 0 Å². The van der Waals surface area contributed by atoms with E-state index < -0.39 is 0 Å². The number of benzene rings is 2. The van der Waals surface area contributed by atoms with E-state index in [2.05, 4.69) is 17.0 Å². The summed E-state index contributed by atoms with van der Waals surface area (Å²) in [4.78, 5) is 16.6. The van der Waals surface area contributed by atoms with Gasteiger partial charge in [0.1, 0.15) is 0 Å². The van der Waals surface area contributed by atoms with E-state index in [-0.39, 0.29) is 5.91 Å². The highest BCUT2D eigenvalue weighted by atomic mass is 16.5. The second-order valence-electron chi connectivity index (χ2n) is 7.20. The van der Waals surface area contributed by atoms with Crippen molar-refractivity contribution in [2.45, 2.75) is 45.4 Å². The lowest BCUT2D eigenvalue weighted by Gasteiger charge is -2.13. The fourth-order valence-electron chi connectivity index (χ4n) is 3.15. The molecule has 0 unspecified atom stereocenters. The molecule has 1 amide bonds. The third kappa shape index (κ3) is 6.41. The summed E-state index contributed by atoms with van der Waals surface area (Å²) in [6, 6.07) is 20.6. The lowest BCUT2D eigenvalue weighted by Crippen LogP contribution is -2.15. The minimum absolute atomic E-state index is 0.295. The van der Waals surface area contributed by atoms with Gasteiger partial charge in [0.25, 0.3) is 5.91 Å². The molecule has 2 aromatic carbocycles. The molecule has 0 saturated heterocycles. The average Bonchev–Trinajstić information content (AvgIpc) is 2.80. The number of carbonyl (C=O) groups excluding carboxylic acids is 1. The average molecular weight is 404 g/mol. The molecule has 0 atom stereocenters. The first-order chi connectivity index (χ1) is 14.8. The van der Waals surface area contributed by atoms with Gasteiger partial charge in [-0.1, -0.05) is 75.4 Å². The molecule has 5 nitrogen and oxygen atoms in total. The summed E-state index contributed by atoms with van der Waals surface area (Å²) in [5, 5.41) is 4.96. The first kappa shape index (κ1) is 21.5. The molecule has 0 fully saturated rings. The maximum atomic E-state index is 12.4. The van der Waals surface area contributed by atoms with Crippen molar-refractivity contribution in [1.29, 1.82) is 0 Å². The van der Waals surface area contributed by atoms with Crippen LogP contribution in [0.4, 0.5) is 0 Å². The summed E-state index contributed by atoms with van der Waals surface area (Å²) in [6.45, 7) is 2.83. The second-order valence-corrected chi connectivity index (χ2v) is 7.20. The van der Waals surface area contributed by atoms with Crippen LogP contribution in [0.15, 0.2) is 77.9 Å².